The summed E-state index contributed by atoms with van der Waals surface area (Å²) in [5.74, 6) is 0. The fourth-order valence-corrected chi connectivity index (χ4v) is 0. The Morgan fingerprint density at radius 3 is 1.33 bits per heavy atom. The first-order valence-corrected chi connectivity index (χ1v) is 0.651. The van der Waals surface area contributed by atoms with Gasteiger partial charge in [0.1, 0.15) is 0 Å². The normalized spacial score (nSPS) is 4.00. The van der Waals surface area contributed by atoms with Crippen LogP contribution in [0.25, 0.3) is 0 Å². The fourth-order valence-electron chi connectivity index (χ4n) is 0. The first-order chi connectivity index (χ1) is 1.73. The van der Waals surface area contributed by atoms with Crippen molar-refractivity contribution in [3.63, 3.8) is 0 Å². The van der Waals surface area contributed by atoms with Crippen LogP contribution in [0.4, 0.5) is 4.79 Å². The number of carboxylic acid groups (broad SMARTS) is 2. The molecule has 0 aromatic rings. The standard InChI is InChI=1S/CH2O3.Ba.Ca.4H/c2-1(3)4;;;;;;/h(H2,2,3,4);;;;;;. The molecule has 0 aliphatic heterocycles. The quantitative estimate of drug-likeness (QED) is 0.503. The third-order valence-electron chi connectivity index (χ3n) is 0. The van der Waals surface area contributed by atoms with E-state index in [-0.39, 0.29) is 86.6 Å². The average molecular weight is 243 g/mol. The van der Waals surface area contributed by atoms with Gasteiger partial charge in [0.05, 0.1) is 0 Å². The molecule has 0 aliphatic rings. The molecule has 0 amide bonds. The molecule has 0 aromatic carbocycles. The van der Waals surface area contributed by atoms with Crippen molar-refractivity contribution in [2.45, 2.75) is 0 Å². The monoisotopic (exact) mass is 244 g/mol. The van der Waals surface area contributed by atoms with Crippen molar-refractivity contribution in [1.82, 2.24) is 0 Å². The van der Waals surface area contributed by atoms with Crippen molar-refractivity contribution in [1.29, 1.82) is 0 Å². The van der Waals surface area contributed by atoms with E-state index in [0.717, 1.165) is 0 Å². The van der Waals surface area contributed by atoms with Gasteiger partial charge in [0, 0.05) is 0 Å². The fraction of sp³-hybridized carbons (Fsp3) is 0. The maximum absolute atomic E-state index is 8.56. The van der Waals surface area contributed by atoms with Crippen LogP contribution in [0.5, 0.6) is 0 Å². The van der Waals surface area contributed by atoms with E-state index in [9.17, 15) is 0 Å². The van der Waals surface area contributed by atoms with E-state index >= 15 is 0 Å². The zero-order chi connectivity index (χ0) is 3.58. The van der Waals surface area contributed by atoms with Crippen LogP contribution in [0.1, 0.15) is 0 Å². The van der Waals surface area contributed by atoms with E-state index in [1.54, 1.807) is 0 Å². The number of hydrogen-bond donors (Lipinski definition) is 2. The van der Waals surface area contributed by atoms with Gasteiger partial charge in [0.25, 0.3) is 0 Å². The third-order valence-corrected chi connectivity index (χ3v) is 0. The van der Waals surface area contributed by atoms with Crippen molar-refractivity contribution in [2.75, 3.05) is 0 Å². The van der Waals surface area contributed by atoms with Gasteiger partial charge in [-0.2, -0.15) is 0 Å². The summed E-state index contributed by atoms with van der Waals surface area (Å²) in [7, 11) is 0. The second-order valence-corrected chi connectivity index (χ2v) is 0.283. The molecule has 0 atom stereocenters. The Labute approximate surface area is 105 Å². The van der Waals surface area contributed by atoms with Gasteiger partial charge < -0.3 is 10.2 Å². The molecule has 5 heteroatoms. The molecule has 6 heavy (non-hydrogen) atoms. The van der Waals surface area contributed by atoms with E-state index in [0.29, 0.717) is 0 Å². The zero-order valence-corrected chi connectivity index (χ0v) is 1.80. The molecule has 0 bridgehead atoms. The first kappa shape index (κ1) is 15.7. The van der Waals surface area contributed by atoms with Crippen LogP contribution in [-0.4, -0.2) is 103 Å². The molecule has 0 unspecified atom stereocenters. The van der Waals surface area contributed by atoms with Crippen LogP contribution >= 0.6 is 0 Å². The van der Waals surface area contributed by atoms with E-state index < -0.39 is 6.16 Å². The van der Waals surface area contributed by atoms with E-state index in [1.165, 1.54) is 0 Å². The summed E-state index contributed by atoms with van der Waals surface area (Å²) in [5, 5.41) is 13.9. The summed E-state index contributed by atoms with van der Waals surface area (Å²) in [6.45, 7) is 0. The van der Waals surface area contributed by atoms with Gasteiger partial charge in [0.15, 0.2) is 0 Å². The molecule has 32 valence electrons. The maximum atomic E-state index is 8.56. The summed E-state index contributed by atoms with van der Waals surface area (Å²) >= 11 is 0. The molecular weight excluding hydrogens is 237 g/mol. The average Bonchev–Trinajstić information content (AvgIpc) is 0.811. The molecular formula is CH6BaCaO3. The SMILES string of the molecule is O=C(O)O.[BaH2].[CaH2]. The Morgan fingerprint density at radius 2 is 1.33 bits per heavy atom. The first-order valence-electron chi connectivity index (χ1n) is 0.651. The van der Waals surface area contributed by atoms with Gasteiger partial charge in [-0.25, -0.2) is 4.79 Å². The number of rotatable bonds is 0. The minimum atomic E-state index is -1.83. The number of carbonyl (C=O) groups is 1. The molecule has 0 saturated heterocycles. The summed E-state index contributed by atoms with van der Waals surface area (Å²) in [5.41, 5.74) is 0. The van der Waals surface area contributed by atoms with Crippen LogP contribution in [-0.2, 0) is 0 Å². The van der Waals surface area contributed by atoms with Gasteiger partial charge >= 0.3 is 92.8 Å². The molecule has 0 aliphatic carbocycles. The Kier molecular flexibility index (Phi) is 26.6. The molecule has 3 nitrogen and oxygen atoms in total. The summed E-state index contributed by atoms with van der Waals surface area (Å²) in [6, 6.07) is 0. The Morgan fingerprint density at radius 1 is 1.33 bits per heavy atom. The molecule has 2 N–H and O–H groups in total. The van der Waals surface area contributed by atoms with Crippen molar-refractivity contribution >= 4 is 92.8 Å². The minimum absolute atomic E-state index is 0. The topological polar surface area (TPSA) is 57.5 Å². The van der Waals surface area contributed by atoms with Crippen molar-refractivity contribution in [2.24, 2.45) is 0 Å². The number of hydrogen-bond acceptors (Lipinski definition) is 1. The second-order valence-electron chi connectivity index (χ2n) is 0.283. The predicted molar refractivity (Wildman–Crippen MR) is 27.7 cm³/mol. The van der Waals surface area contributed by atoms with Gasteiger partial charge in [0.2, 0.25) is 0 Å². The van der Waals surface area contributed by atoms with Crippen LogP contribution in [0, 0.1) is 0 Å². The molecule has 0 heterocycles. The van der Waals surface area contributed by atoms with Crippen LogP contribution in [0.2, 0.25) is 0 Å². The zero-order valence-electron chi connectivity index (χ0n) is 1.80. The van der Waals surface area contributed by atoms with Crippen molar-refractivity contribution in [3.8, 4) is 0 Å². The van der Waals surface area contributed by atoms with E-state index in [1.807, 2.05) is 0 Å². The van der Waals surface area contributed by atoms with E-state index in [2.05, 4.69) is 0 Å². The summed E-state index contributed by atoms with van der Waals surface area (Å²) in [6.07, 6.45) is -1.83. The van der Waals surface area contributed by atoms with Gasteiger partial charge in [-0.15, -0.1) is 0 Å². The molecule has 0 spiro atoms. The molecule has 0 aromatic heterocycles. The molecule has 0 saturated carbocycles. The Hall–Kier alpha value is 2.10. The third kappa shape index (κ3) is 36.0. The second kappa shape index (κ2) is 10.2. The molecule has 0 fully saturated rings. The van der Waals surface area contributed by atoms with Crippen LogP contribution in [0.3, 0.4) is 0 Å². The summed E-state index contributed by atoms with van der Waals surface area (Å²) < 4.78 is 0. The van der Waals surface area contributed by atoms with Crippen LogP contribution < -0.4 is 0 Å². The Bertz CT molecular complexity index is 33.8. The molecule has 0 rings (SSSR count). The van der Waals surface area contributed by atoms with Crippen molar-refractivity contribution < 1.29 is 15.0 Å². The van der Waals surface area contributed by atoms with Crippen LogP contribution in [0.15, 0.2) is 0 Å². The molecule has 0 radical (unpaired) electrons. The van der Waals surface area contributed by atoms with Gasteiger partial charge in [-0.05, 0) is 0 Å². The van der Waals surface area contributed by atoms with Gasteiger partial charge in [-0.3, -0.25) is 0 Å². The van der Waals surface area contributed by atoms with Gasteiger partial charge in [-0.1, -0.05) is 0 Å². The van der Waals surface area contributed by atoms with E-state index in [4.69, 9.17) is 15.0 Å². The summed E-state index contributed by atoms with van der Waals surface area (Å²) in [4.78, 5) is 8.56. The predicted octanol–water partition coefficient (Wildman–Crippen LogP) is -1.61. The Balaban J connectivity index is -0.0000000450. The van der Waals surface area contributed by atoms with Crippen molar-refractivity contribution in [3.05, 3.63) is 0 Å².